The Morgan fingerprint density at radius 2 is 1.85 bits per heavy atom. The van der Waals surface area contributed by atoms with Crippen molar-refractivity contribution in [2.45, 2.75) is 26.7 Å². The Labute approximate surface area is 122 Å². The van der Waals surface area contributed by atoms with Crippen molar-refractivity contribution in [2.75, 3.05) is 18.9 Å². The van der Waals surface area contributed by atoms with Gasteiger partial charge >= 0.3 is 0 Å². The molecule has 2 aromatic heterocycles. The Kier molecular flexibility index (Phi) is 5.11. The first-order chi connectivity index (χ1) is 9.72. The van der Waals surface area contributed by atoms with Crippen molar-refractivity contribution in [1.29, 1.82) is 0 Å². The fourth-order valence-corrected chi connectivity index (χ4v) is 2.36. The van der Waals surface area contributed by atoms with E-state index in [1.165, 1.54) is 11.2 Å². The zero-order chi connectivity index (χ0) is 14.4. The maximum atomic E-state index is 5.93. The van der Waals surface area contributed by atoms with Gasteiger partial charge in [0.25, 0.3) is 0 Å². The van der Waals surface area contributed by atoms with E-state index in [2.05, 4.69) is 15.0 Å². The zero-order valence-corrected chi connectivity index (χ0v) is 12.4. The number of nitrogens with two attached hydrogens (primary N) is 1. The molecule has 0 amide bonds. The Bertz CT molecular complexity index is 559. The Morgan fingerprint density at radius 1 is 1.15 bits per heavy atom. The maximum Gasteiger partial charge on any atom is 0.244 e. The number of thiazole rings is 1. The molecule has 0 aliphatic rings. The second-order valence-corrected chi connectivity index (χ2v) is 5.14. The van der Waals surface area contributed by atoms with Gasteiger partial charge in [-0.1, -0.05) is 6.92 Å². The minimum atomic E-state index is 0.349. The van der Waals surface area contributed by atoms with Crippen LogP contribution in [-0.4, -0.2) is 28.2 Å². The van der Waals surface area contributed by atoms with Gasteiger partial charge in [-0.15, -0.1) is 11.3 Å². The van der Waals surface area contributed by atoms with E-state index in [4.69, 9.17) is 15.2 Å². The molecule has 0 aliphatic carbocycles. The third kappa shape index (κ3) is 3.57. The third-order valence-electron chi connectivity index (χ3n) is 2.67. The van der Waals surface area contributed by atoms with Crippen LogP contribution in [0, 0.1) is 6.92 Å². The van der Waals surface area contributed by atoms with Gasteiger partial charge in [0, 0.05) is 11.3 Å². The van der Waals surface area contributed by atoms with Crippen molar-refractivity contribution in [1.82, 2.24) is 15.0 Å². The lowest BCUT2D eigenvalue weighted by Gasteiger charge is -2.10. The average Bonchev–Trinajstić information content (AvgIpc) is 2.85. The summed E-state index contributed by atoms with van der Waals surface area (Å²) in [5.41, 5.74) is 9.15. The second-order valence-electron chi connectivity index (χ2n) is 4.21. The number of aryl methyl sites for hydroxylation is 1. The molecule has 0 spiro atoms. The van der Waals surface area contributed by atoms with Crippen molar-refractivity contribution >= 4 is 17.0 Å². The number of ether oxygens (including phenoxy) is 2. The number of hydrogen-bond acceptors (Lipinski definition) is 7. The quantitative estimate of drug-likeness (QED) is 0.843. The smallest absolute Gasteiger partial charge is 0.244 e. The summed E-state index contributed by atoms with van der Waals surface area (Å²) < 4.78 is 11.0. The van der Waals surface area contributed by atoms with Crippen LogP contribution in [0.15, 0.2) is 11.8 Å². The number of anilines is 1. The highest BCUT2D eigenvalue weighted by molar-refractivity contribution is 7.09. The summed E-state index contributed by atoms with van der Waals surface area (Å²) in [6, 6.07) is 0. The molecule has 0 aliphatic heterocycles. The van der Waals surface area contributed by atoms with E-state index in [0.717, 1.165) is 18.5 Å². The van der Waals surface area contributed by atoms with Gasteiger partial charge in [-0.3, -0.25) is 0 Å². The van der Waals surface area contributed by atoms with Crippen molar-refractivity contribution in [3.8, 4) is 11.8 Å². The highest BCUT2D eigenvalue weighted by Crippen LogP contribution is 2.26. The van der Waals surface area contributed by atoms with E-state index in [9.17, 15) is 0 Å². The molecule has 7 heteroatoms. The number of aromatic nitrogens is 3. The fourth-order valence-electron chi connectivity index (χ4n) is 1.60. The predicted molar refractivity (Wildman–Crippen MR) is 78.3 cm³/mol. The number of nitrogen functional groups attached to an aromatic ring is 1. The highest BCUT2D eigenvalue weighted by Gasteiger charge is 2.11. The Morgan fingerprint density at radius 3 is 2.45 bits per heavy atom. The summed E-state index contributed by atoms with van der Waals surface area (Å²) in [6.07, 6.45) is 3.07. The molecule has 0 fully saturated rings. The summed E-state index contributed by atoms with van der Waals surface area (Å²) in [5, 5.41) is 0. The average molecular weight is 294 g/mol. The molecular weight excluding hydrogens is 276 g/mol. The van der Waals surface area contributed by atoms with Crippen LogP contribution in [0.25, 0.3) is 0 Å². The molecule has 0 aromatic carbocycles. The lowest BCUT2D eigenvalue weighted by atomic mass is 10.3. The first kappa shape index (κ1) is 14.5. The van der Waals surface area contributed by atoms with Crippen molar-refractivity contribution < 1.29 is 9.47 Å². The summed E-state index contributed by atoms with van der Waals surface area (Å²) >= 11 is 1.62. The molecule has 0 saturated carbocycles. The topological polar surface area (TPSA) is 83.2 Å². The van der Waals surface area contributed by atoms with Crippen molar-refractivity contribution in [2.24, 2.45) is 0 Å². The first-order valence-electron chi connectivity index (χ1n) is 6.47. The van der Waals surface area contributed by atoms with E-state index >= 15 is 0 Å². The maximum absolute atomic E-state index is 5.93. The van der Waals surface area contributed by atoms with E-state index in [1.807, 2.05) is 19.4 Å². The predicted octanol–water partition coefficient (Wildman–Crippen LogP) is 2.23. The third-order valence-corrected chi connectivity index (χ3v) is 3.66. The lowest BCUT2D eigenvalue weighted by molar-refractivity contribution is 0.291. The Balaban J connectivity index is 1.94. The minimum Gasteiger partial charge on any atom is -0.476 e. The molecule has 0 radical (unpaired) electrons. The standard InChI is InChI=1S/C13H18N4O2S/c1-3-5-18-12-11(14)13(16-7-15-12)19-6-4-10-9(2)17-8-20-10/h7-8H,3-6,14H2,1-2H3. The van der Waals surface area contributed by atoms with Gasteiger partial charge in [0.2, 0.25) is 11.8 Å². The number of nitrogens with zero attached hydrogens (tertiary/aromatic N) is 3. The van der Waals surface area contributed by atoms with E-state index in [1.54, 1.807) is 11.3 Å². The zero-order valence-electron chi connectivity index (χ0n) is 11.6. The van der Waals surface area contributed by atoms with E-state index < -0.39 is 0 Å². The molecule has 108 valence electrons. The lowest BCUT2D eigenvalue weighted by Crippen LogP contribution is -2.08. The molecule has 2 N–H and O–H groups in total. The number of hydrogen-bond donors (Lipinski definition) is 1. The van der Waals surface area contributed by atoms with Gasteiger partial charge in [-0.05, 0) is 13.3 Å². The fraction of sp³-hybridized carbons (Fsp3) is 0.462. The van der Waals surface area contributed by atoms with Crippen LogP contribution in [0.1, 0.15) is 23.9 Å². The van der Waals surface area contributed by atoms with Crippen LogP contribution >= 0.6 is 11.3 Å². The van der Waals surface area contributed by atoms with E-state index in [0.29, 0.717) is 30.7 Å². The molecule has 0 saturated heterocycles. The SMILES string of the molecule is CCCOc1ncnc(OCCc2scnc2C)c1N. The molecule has 2 heterocycles. The molecule has 0 bridgehead atoms. The highest BCUT2D eigenvalue weighted by atomic mass is 32.1. The van der Waals surface area contributed by atoms with Crippen LogP contribution in [0.2, 0.25) is 0 Å². The van der Waals surface area contributed by atoms with Crippen LogP contribution in [0.3, 0.4) is 0 Å². The molecule has 0 atom stereocenters. The van der Waals surface area contributed by atoms with E-state index in [-0.39, 0.29) is 0 Å². The summed E-state index contributed by atoms with van der Waals surface area (Å²) in [7, 11) is 0. The molecular formula is C13H18N4O2S. The van der Waals surface area contributed by atoms with Crippen molar-refractivity contribution in [3.05, 3.63) is 22.4 Å². The molecule has 2 aromatic rings. The van der Waals surface area contributed by atoms with Gasteiger partial charge in [0.15, 0.2) is 5.69 Å². The molecule has 6 nitrogen and oxygen atoms in total. The van der Waals surface area contributed by atoms with Gasteiger partial charge in [-0.25, -0.2) is 4.98 Å². The van der Waals surface area contributed by atoms with Crippen LogP contribution in [-0.2, 0) is 6.42 Å². The van der Waals surface area contributed by atoms with Crippen LogP contribution < -0.4 is 15.2 Å². The van der Waals surface area contributed by atoms with Crippen LogP contribution in [0.4, 0.5) is 5.69 Å². The van der Waals surface area contributed by atoms with Gasteiger partial charge in [0.1, 0.15) is 6.33 Å². The summed E-state index contributed by atoms with van der Waals surface area (Å²) in [6.45, 7) is 5.08. The summed E-state index contributed by atoms with van der Waals surface area (Å²) in [5.74, 6) is 0.749. The monoisotopic (exact) mass is 294 g/mol. The van der Waals surface area contributed by atoms with Crippen molar-refractivity contribution in [3.63, 3.8) is 0 Å². The van der Waals surface area contributed by atoms with Gasteiger partial charge in [-0.2, -0.15) is 9.97 Å². The normalized spacial score (nSPS) is 10.5. The van der Waals surface area contributed by atoms with Gasteiger partial charge < -0.3 is 15.2 Å². The molecule has 0 unspecified atom stereocenters. The number of rotatable bonds is 7. The second kappa shape index (κ2) is 7.04. The first-order valence-corrected chi connectivity index (χ1v) is 7.35. The Hall–Kier alpha value is -1.89. The van der Waals surface area contributed by atoms with Crippen LogP contribution in [0.5, 0.6) is 11.8 Å². The largest absolute Gasteiger partial charge is 0.476 e. The summed E-state index contributed by atoms with van der Waals surface area (Å²) in [4.78, 5) is 13.4. The van der Waals surface area contributed by atoms with Gasteiger partial charge in [0.05, 0.1) is 24.4 Å². The minimum absolute atomic E-state index is 0.349. The molecule has 2 rings (SSSR count). The molecule has 20 heavy (non-hydrogen) atoms.